The third-order valence-corrected chi connectivity index (χ3v) is 2.41. The molecule has 0 amide bonds. The lowest BCUT2D eigenvalue weighted by Crippen LogP contribution is -2.26. The largest absolute Gasteiger partial charge is 0.373 e. The predicted octanol–water partition coefficient (Wildman–Crippen LogP) is 0.555. The number of hydrogen-bond acceptors (Lipinski definition) is 4. The second kappa shape index (κ2) is 2.53. The first-order chi connectivity index (χ1) is 5.33. The highest BCUT2D eigenvalue weighted by Gasteiger charge is 2.46. The van der Waals surface area contributed by atoms with Gasteiger partial charge in [-0.05, 0) is 0 Å². The van der Waals surface area contributed by atoms with E-state index in [9.17, 15) is 4.91 Å². The molecule has 62 valence electrons. The Kier molecular flexibility index (Phi) is 1.65. The van der Waals surface area contributed by atoms with Crippen molar-refractivity contribution >= 4 is 0 Å². The monoisotopic (exact) mass is 157 g/mol. The van der Waals surface area contributed by atoms with Gasteiger partial charge in [0.2, 0.25) is 0 Å². The summed E-state index contributed by atoms with van der Waals surface area (Å²) in [6, 6.07) is -0.273. The number of rotatable bonds is 1. The Balaban J connectivity index is 2.10. The fourth-order valence-corrected chi connectivity index (χ4v) is 1.76. The molecule has 0 saturated carbocycles. The van der Waals surface area contributed by atoms with E-state index in [1.54, 1.807) is 0 Å². The van der Waals surface area contributed by atoms with E-state index in [1.807, 2.05) is 0 Å². The quantitative estimate of drug-likeness (QED) is 0.522. The van der Waals surface area contributed by atoms with E-state index in [4.69, 9.17) is 9.47 Å². The lowest BCUT2D eigenvalue weighted by Gasteiger charge is -2.09. The minimum atomic E-state index is -0.273. The van der Waals surface area contributed by atoms with Gasteiger partial charge in [-0.3, -0.25) is 0 Å². The van der Waals surface area contributed by atoms with Gasteiger partial charge in [0.25, 0.3) is 0 Å². The van der Waals surface area contributed by atoms with Crippen molar-refractivity contribution in [2.24, 2.45) is 11.1 Å². The molecule has 2 fully saturated rings. The summed E-state index contributed by atoms with van der Waals surface area (Å²) < 4.78 is 10.7. The minimum Gasteiger partial charge on any atom is -0.373 e. The van der Waals surface area contributed by atoms with E-state index >= 15 is 0 Å². The molecule has 1 unspecified atom stereocenters. The standard InChI is InChI=1S/C7H11NO3/c1-4-2-10-7-5(8-9)3-11-6(4)7/h4-7H,2-3H2,1H3/t4-,5-,6?,7-/m1/s1. The van der Waals surface area contributed by atoms with E-state index < -0.39 is 0 Å². The number of nitrogens with zero attached hydrogens (tertiary/aromatic N) is 1. The molecule has 2 saturated heterocycles. The molecule has 2 rings (SSSR count). The highest BCUT2D eigenvalue weighted by atomic mass is 16.6. The highest BCUT2D eigenvalue weighted by molar-refractivity contribution is 4.95. The van der Waals surface area contributed by atoms with Gasteiger partial charge in [0.05, 0.1) is 19.3 Å². The smallest absolute Gasteiger partial charge is 0.144 e. The summed E-state index contributed by atoms with van der Waals surface area (Å²) in [6.45, 7) is 3.20. The van der Waals surface area contributed by atoms with Gasteiger partial charge in [0, 0.05) is 5.92 Å². The van der Waals surface area contributed by atoms with Gasteiger partial charge >= 0.3 is 0 Å². The maximum Gasteiger partial charge on any atom is 0.144 e. The first kappa shape index (κ1) is 7.18. The summed E-state index contributed by atoms with van der Waals surface area (Å²) in [5.41, 5.74) is 0. The Morgan fingerprint density at radius 2 is 2.00 bits per heavy atom. The van der Waals surface area contributed by atoms with Crippen molar-refractivity contribution in [1.82, 2.24) is 0 Å². The molecule has 0 aliphatic carbocycles. The van der Waals surface area contributed by atoms with Crippen molar-refractivity contribution in [2.75, 3.05) is 13.2 Å². The van der Waals surface area contributed by atoms with Crippen LogP contribution in [-0.2, 0) is 9.47 Å². The van der Waals surface area contributed by atoms with E-state index in [2.05, 4.69) is 12.1 Å². The number of hydrogen-bond donors (Lipinski definition) is 0. The van der Waals surface area contributed by atoms with Crippen molar-refractivity contribution in [3.63, 3.8) is 0 Å². The van der Waals surface area contributed by atoms with Crippen LogP contribution in [0.4, 0.5) is 0 Å². The molecular weight excluding hydrogens is 146 g/mol. The van der Waals surface area contributed by atoms with Crippen molar-refractivity contribution in [3.05, 3.63) is 4.91 Å². The SMILES string of the molecule is C[C@@H]1CO[C@H]2C1OC[C@H]2N=O. The Morgan fingerprint density at radius 3 is 2.73 bits per heavy atom. The van der Waals surface area contributed by atoms with E-state index in [0.717, 1.165) is 0 Å². The summed E-state index contributed by atoms with van der Waals surface area (Å²) in [4.78, 5) is 10.2. The maximum absolute atomic E-state index is 10.2. The Morgan fingerprint density at radius 1 is 1.27 bits per heavy atom. The molecule has 0 radical (unpaired) electrons. The van der Waals surface area contributed by atoms with Crippen LogP contribution in [0.25, 0.3) is 0 Å². The van der Waals surface area contributed by atoms with Gasteiger partial charge in [-0.2, -0.15) is 4.91 Å². The van der Waals surface area contributed by atoms with Gasteiger partial charge in [-0.15, -0.1) is 0 Å². The Bertz CT molecular complexity index is 173. The van der Waals surface area contributed by atoms with Gasteiger partial charge in [-0.1, -0.05) is 12.1 Å². The third-order valence-electron chi connectivity index (χ3n) is 2.41. The fraction of sp³-hybridized carbons (Fsp3) is 1.00. The van der Waals surface area contributed by atoms with Crippen molar-refractivity contribution in [2.45, 2.75) is 25.2 Å². The van der Waals surface area contributed by atoms with Gasteiger partial charge in [0.1, 0.15) is 12.1 Å². The Hall–Kier alpha value is -0.480. The fourth-order valence-electron chi connectivity index (χ4n) is 1.76. The third kappa shape index (κ3) is 0.973. The first-order valence-corrected chi connectivity index (χ1v) is 3.88. The topological polar surface area (TPSA) is 47.9 Å². The van der Waals surface area contributed by atoms with Crippen LogP contribution in [0.15, 0.2) is 5.18 Å². The molecule has 4 atom stereocenters. The molecule has 4 nitrogen and oxygen atoms in total. The minimum absolute atomic E-state index is 0.0671. The molecule has 4 heteroatoms. The lowest BCUT2D eigenvalue weighted by molar-refractivity contribution is 0.0650. The summed E-state index contributed by atoms with van der Waals surface area (Å²) >= 11 is 0. The van der Waals surface area contributed by atoms with Gasteiger partial charge < -0.3 is 9.47 Å². The maximum atomic E-state index is 10.2. The summed E-state index contributed by atoms with van der Waals surface area (Å²) in [7, 11) is 0. The van der Waals surface area contributed by atoms with Crippen LogP contribution in [0.3, 0.4) is 0 Å². The molecule has 2 aliphatic heterocycles. The van der Waals surface area contributed by atoms with Crippen molar-refractivity contribution < 1.29 is 9.47 Å². The summed E-state index contributed by atoms with van der Waals surface area (Å²) in [5.74, 6) is 0.409. The molecule has 0 spiro atoms. The zero-order chi connectivity index (χ0) is 7.84. The molecule has 0 aromatic carbocycles. The Labute approximate surface area is 64.8 Å². The zero-order valence-corrected chi connectivity index (χ0v) is 6.40. The normalized spacial score (nSPS) is 49.2. The summed E-state index contributed by atoms with van der Waals surface area (Å²) in [5, 5.41) is 2.96. The average Bonchev–Trinajstić information content (AvgIpc) is 2.53. The van der Waals surface area contributed by atoms with Crippen molar-refractivity contribution in [3.8, 4) is 0 Å². The van der Waals surface area contributed by atoms with Crippen LogP contribution in [0.5, 0.6) is 0 Å². The number of fused-ring (bicyclic) bond motifs is 1. The first-order valence-electron chi connectivity index (χ1n) is 3.88. The average molecular weight is 157 g/mol. The molecule has 0 aromatic heterocycles. The predicted molar refractivity (Wildman–Crippen MR) is 38.2 cm³/mol. The molecule has 0 bridgehead atoms. The number of nitroso groups, excluding NO2 is 1. The zero-order valence-electron chi connectivity index (χ0n) is 6.40. The van der Waals surface area contributed by atoms with Crippen LogP contribution in [-0.4, -0.2) is 31.5 Å². The molecule has 2 heterocycles. The van der Waals surface area contributed by atoms with Crippen molar-refractivity contribution in [1.29, 1.82) is 0 Å². The molecular formula is C7H11NO3. The van der Waals surface area contributed by atoms with Gasteiger partial charge in [-0.25, -0.2) is 0 Å². The van der Waals surface area contributed by atoms with Crippen LogP contribution >= 0.6 is 0 Å². The highest BCUT2D eigenvalue weighted by Crippen LogP contribution is 2.31. The molecule has 0 aromatic rings. The van der Waals surface area contributed by atoms with E-state index in [0.29, 0.717) is 19.1 Å². The summed E-state index contributed by atoms with van der Waals surface area (Å²) in [6.07, 6.45) is 0.0419. The second-order valence-corrected chi connectivity index (χ2v) is 3.25. The number of ether oxygens (including phenoxy) is 2. The van der Waals surface area contributed by atoms with Gasteiger partial charge in [0.15, 0.2) is 0 Å². The lowest BCUT2D eigenvalue weighted by atomic mass is 10.0. The molecule has 11 heavy (non-hydrogen) atoms. The van der Waals surface area contributed by atoms with Crippen LogP contribution < -0.4 is 0 Å². The van der Waals surface area contributed by atoms with Crippen LogP contribution in [0.1, 0.15) is 6.92 Å². The molecule has 0 N–H and O–H groups in total. The molecule has 2 aliphatic rings. The van der Waals surface area contributed by atoms with Crippen LogP contribution in [0, 0.1) is 10.8 Å². The second-order valence-electron chi connectivity index (χ2n) is 3.25. The van der Waals surface area contributed by atoms with Crippen LogP contribution in [0.2, 0.25) is 0 Å². The van der Waals surface area contributed by atoms with E-state index in [1.165, 1.54) is 0 Å². The van der Waals surface area contributed by atoms with E-state index in [-0.39, 0.29) is 18.2 Å².